The molecular weight excluding hydrogens is 322 g/mol. The van der Waals surface area contributed by atoms with Gasteiger partial charge >= 0.3 is 0 Å². The number of hydrogen-bond acceptors (Lipinski definition) is 3. The van der Waals surface area contributed by atoms with Crippen molar-refractivity contribution in [3.63, 3.8) is 0 Å². The van der Waals surface area contributed by atoms with Gasteiger partial charge in [0.25, 0.3) is 0 Å². The standard InChI is InChI=1S/C19H28ClN3O/c1-2-15-8-10-23(13-17-7-4-9-21-17)18(15)19(24)22-12-14-5-3-6-16(20)11-14/h3,5-6,11,15,17-18,21H,2,4,7-10,12-13H2,1H3,(H,22,24)/t15-,17-,18?/m0/s1. The van der Waals surface area contributed by atoms with Gasteiger partial charge in [0.05, 0.1) is 6.04 Å². The summed E-state index contributed by atoms with van der Waals surface area (Å²) in [6.07, 6.45) is 4.66. The third-order valence-corrected chi connectivity index (χ3v) is 5.63. The fourth-order valence-electron chi connectivity index (χ4n) is 4.08. The molecule has 2 fully saturated rings. The second-order valence-corrected chi connectivity index (χ2v) is 7.47. The Kier molecular flexibility index (Phi) is 6.14. The molecule has 1 unspecified atom stereocenters. The van der Waals surface area contributed by atoms with Gasteiger partial charge in [0, 0.05) is 24.2 Å². The van der Waals surface area contributed by atoms with E-state index in [9.17, 15) is 4.79 Å². The fraction of sp³-hybridized carbons (Fsp3) is 0.632. The molecule has 2 saturated heterocycles. The summed E-state index contributed by atoms with van der Waals surface area (Å²) < 4.78 is 0. The SMILES string of the molecule is CC[C@H]1CCN(C[C@@H]2CCCN2)C1C(=O)NCc1cccc(Cl)c1. The molecule has 4 nitrogen and oxygen atoms in total. The highest BCUT2D eigenvalue weighted by Crippen LogP contribution is 2.28. The third-order valence-electron chi connectivity index (χ3n) is 5.39. The number of carbonyl (C=O) groups excluding carboxylic acids is 1. The molecule has 1 aromatic rings. The van der Waals surface area contributed by atoms with Crippen LogP contribution in [0.2, 0.25) is 5.02 Å². The Bertz CT molecular complexity index is 559. The zero-order valence-corrected chi connectivity index (χ0v) is 15.2. The van der Waals surface area contributed by atoms with Crippen molar-refractivity contribution in [1.82, 2.24) is 15.5 Å². The first-order chi connectivity index (χ1) is 11.7. The molecule has 1 amide bonds. The largest absolute Gasteiger partial charge is 0.351 e. The number of nitrogens with one attached hydrogen (secondary N) is 2. The number of benzene rings is 1. The van der Waals surface area contributed by atoms with E-state index in [4.69, 9.17) is 11.6 Å². The van der Waals surface area contributed by atoms with Crippen LogP contribution in [0, 0.1) is 5.92 Å². The Labute approximate surface area is 149 Å². The van der Waals surface area contributed by atoms with Gasteiger partial charge in [-0.2, -0.15) is 0 Å². The van der Waals surface area contributed by atoms with E-state index in [1.165, 1.54) is 12.8 Å². The molecule has 5 heteroatoms. The lowest BCUT2D eigenvalue weighted by molar-refractivity contribution is -0.127. The Hall–Kier alpha value is -1.10. The van der Waals surface area contributed by atoms with Gasteiger partial charge in [-0.1, -0.05) is 37.1 Å². The van der Waals surface area contributed by atoms with E-state index in [2.05, 4.69) is 22.5 Å². The maximum atomic E-state index is 12.9. The summed E-state index contributed by atoms with van der Waals surface area (Å²) in [5.74, 6) is 0.628. The van der Waals surface area contributed by atoms with Crippen molar-refractivity contribution in [1.29, 1.82) is 0 Å². The molecule has 0 aromatic heterocycles. The van der Waals surface area contributed by atoms with Crippen molar-refractivity contribution in [2.24, 2.45) is 5.92 Å². The van der Waals surface area contributed by atoms with Gasteiger partial charge in [-0.05, 0) is 56.0 Å². The highest BCUT2D eigenvalue weighted by atomic mass is 35.5. The van der Waals surface area contributed by atoms with Crippen LogP contribution in [0.1, 0.15) is 38.2 Å². The van der Waals surface area contributed by atoms with E-state index in [1.807, 2.05) is 24.3 Å². The minimum atomic E-state index is 0.0107. The van der Waals surface area contributed by atoms with Crippen molar-refractivity contribution >= 4 is 17.5 Å². The lowest BCUT2D eigenvalue weighted by atomic mass is 9.96. The van der Waals surface area contributed by atoms with Crippen molar-refractivity contribution in [2.45, 2.75) is 51.2 Å². The number of halogens is 1. The van der Waals surface area contributed by atoms with Crippen LogP contribution in [-0.4, -0.2) is 42.5 Å². The minimum Gasteiger partial charge on any atom is -0.351 e. The van der Waals surface area contributed by atoms with Gasteiger partial charge in [-0.3, -0.25) is 9.69 Å². The number of amides is 1. The Balaban J connectivity index is 1.60. The van der Waals surface area contributed by atoms with Crippen LogP contribution in [0.4, 0.5) is 0 Å². The highest BCUT2D eigenvalue weighted by Gasteiger charge is 2.39. The van der Waals surface area contributed by atoms with E-state index in [-0.39, 0.29) is 11.9 Å². The highest BCUT2D eigenvalue weighted by molar-refractivity contribution is 6.30. The van der Waals surface area contributed by atoms with Gasteiger partial charge in [-0.25, -0.2) is 0 Å². The Morgan fingerprint density at radius 2 is 2.29 bits per heavy atom. The second-order valence-electron chi connectivity index (χ2n) is 7.04. The number of rotatable bonds is 6. The molecule has 24 heavy (non-hydrogen) atoms. The van der Waals surface area contributed by atoms with Gasteiger partial charge in [0.2, 0.25) is 5.91 Å². The van der Waals surface area contributed by atoms with E-state index in [0.717, 1.165) is 38.0 Å². The van der Waals surface area contributed by atoms with Crippen LogP contribution in [0.25, 0.3) is 0 Å². The average Bonchev–Trinajstić information content (AvgIpc) is 3.22. The normalized spacial score (nSPS) is 27.5. The van der Waals surface area contributed by atoms with Crippen LogP contribution in [0.3, 0.4) is 0 Å². The molecule has 0 spiro atoms. The molecule has 3 rings (SSSR count). The zero-order valence-electron chi connectivity index (χ0n) is 14.4. The maximum Gasteiger partial charge on any atom is 0.237 e. The number of carbonyl (C=O) groups is 1. The van der Waals surface area contributed by atoms with Gasteiger partial charge in [0.15, 0.2) is 0 Å². The predicted molar refractivity (Wildman–Crippen MR) is 98.1 cm³/mol. The number of nitrogens with zero attached hydrogens (tertiary/aromatic N) is 1. The monoisotopic (exact) mass is 349 g/mol. The summed E-state index contributed by atoms with van der Waals surface area (Å²) in [5, 5.41) is 7.39. The lowest BCUT2D eigenvalue weighted by Crippen LogP contribution is -2.49. The van der Waals surface area contributed by atoms with E-state index >= 15 is 0 Å². The molecular formula is C19H28ClN3O. The molecule has 2 N–H and O–H groups in total. The summed E-state index contributed by atoms with van der Waals surface area (Å²) in [6.45, 7) is 5.88. The summed E-state index contributed by atoms with van der Waals surface area (Å²) in [5.41, 5.74) is 1.05. The van der Waals surface area contributed by atoms with Crippen LogP contribution in [-0.2, 0) is 11.3 Å². The predicted octanol–water partition coefficient (Wildman–Crippen LogP) is 2.81. The smallest absolute Gasteiger partial charge is 0.237 e. The van der Waals surface area contributed by atoms with Crippen LogP contribution < -0.4 is 10.6 Å². The number of likely N-dealkylation sites (tertiary alicyclic amines) is 1. The quantitative estimate of drug-likeness (QED) is 0.830. The molecule has 3 atom stereocenters. The maximum absolute atomic E-state index is 12.9. The summed E-state index contributed by atoms with van der Waals surface area (Å²) in [6, 6.07) is 8.24. The van der Waals surface area contributed by atoms with E-state index in [0.29, 0.717) is 23.5 Å². The van der Waals surface area contributed by atoms with Gasteiger partial charge in [-0.15, -0.1) is 0 Å². The average molecular weight is 350 g/mol. The molecule has 0 bridgehead atoms. The molecule has 132 valence electrons. The van der Waals surface area contributed by atoms with Crippen molar-refractivity contribution < 1.29 is 4.79 Å². The first-order valence-electron chi connectivity index (χ1n) is 9.17. The second kappa shape index (κ2) is 8.32. The van der Waals surface area contributed by atoms with Crippen LogP contribution in [0.5, 0.6) is 0 Å². The molecule has 2 aliphatic rings. The number of hydrogen-bond donors (Lipinski definition) is 2. The van der Waals surface area contributed by atoms with Crippen molar-refractivity contribution in [2.75, 3.05) is 19.6 Å². The van der Waals surface area contributed by atoms with Crippen LogP contribution in [0.15, 0.2) is 24.3 Å². The fourth-order valence-corrected chi connectivity index (χ4v) is 4.29. The topological polar surface area (TPSA) is 44.4 Å². The molecule has 0 saturated carbocycles. The summed E-state index contributed by atoms with van der Waals surface area (Å²) in [7, 11) is 0. The zero-order chi connectivity index (χ0) is 16.9. The van der Waals surface area contributed by atoms with Gasteiger partial charge < -0.3 is 10.6 Å². The van der Waals surface area contributed by atoms with E-state index < -0.39 is 0 Å². The first kappa shape index (κ1) is 17.7. The third kappa shape index (κ3) is 4.29. The van der Waals surface area contributed by atoms with Gasteiger partial charge in [0.1, 0.15) is 0 Å². The molecule has 1 aromatic carbocycles. The Morgan fingerprint density at radius 3 is 3.00 bits per heavy atom. The Morgan fingerprint density at radius 1 is 1.42 bits per heavy atom. The molecule has 2 aliphatic heterocycles. The summed E-state index contributed by atoms with van der Waals surface area (Å²) in [4.78, 5) is 15.2. The van der Waals surface area contributed by atoms with E-state index in [1.54, 1.807) is 0 Å². The van der Waals surface area contributed by atoms with Crippen molar-refractivity contribution in [3.05, 3.63) is 34.9 Å². The lowest BCUT2D eigenvalue weighted by Gasteiger charge is -2.29. The summed E-state index contributed by atoms with van der Waals surface area (Å²) >= 11 is 6.02. The minimum absolute atomic E-state index is 0.0107. The molecule has 0 radical (unpaired) electrons. The molecule has 0 aliphatic carbocycles. The van der Waals surface area contributed by atoms with Crippen LogP contribution >= 0.6 is 11.6 Å². The van der Waals surface area contributed by atoms with Crippen molar-refractivity contribution in [3.8, 4) is 0 Å². The first-order valence-corrected chi connectivity index (χ1v) is 9.54. The molecule has 2 heterocycles.